The van der Waals surface area contributed by atoms with Gasteiger partial charge in [-0.25, -0.2) is 16.8 Å². The number of sulfonamides is 2. The van der Waals surface area contributed by atoms with Gasteiger partial charge in [-0.2, -0.15) is 8.61 Å². The van der Waals surface area contributed by atoms with E-state index in [9.17, 15) is 21.6 Å². The van der Waals surface area contributed by atoms with E-state index in [1.807, 2.05) is 0 Å². The highest BCUT2D eigenvalue weighted by atomic mass is 32.2. The first-order valence-electron chi connectivity index (χ1n) is 8.92. The van der Waals surface area contributed by atoms with Crippen LogP contribution >= 0.6 is 0 Å². The van der Waals surface area contributed by atoms with Crippen molar-refractivity contribution in [2.75, 3.05) is 33.3 Å². The molecule has 2 aromatic rings. The van der Waals surface area contributed by atoms with Crippen molar-refractivity contribution in [2.45, 2.75) is 16.7 Å². The molecule has 0 aliphatic carbocycles. The number of para-hydroxylation sites is 1. The second kappa shape index (κ2) is 8.23. The number of hydrogen-bond donors (Lipinski definition) is 0. The Bertz CT molecular complexity index is 1100. The molecule has 8 nitrogen and oxygen atoms in total. The van der Waals surface area contributed by atoms with E-state index >= 15 is 0 Å². The average molecular weight is 439 g/mol. The Kier molecular flexibility index (Phi) is 6.08. The number of hydrogen-bond acceptors (Lipinski definition) is 6. The Labute approximate surface area is 170 Å². The molecule has 0 unspecified atom stereocenters. The van der Waals surface area contributed by atoms with Crippen LogP contribution in [0.15, 0.2) is 58.3 Å². The molecule has 0 radical (unpaired) electrons. The van der Waals surface area contributed by atoms with Crippen LogP contribution < -0.4 is 4.74 Å². The fraction of sp³-hybridized carbons (Fsp3) is 0.316. The van der Waals surface area contributed by atoms with Crippen molar-refractivity contribution in [3.63, 3.8) is 0 Å². The fourth-order valence-corrected chi connectivity index (χ4v) is 6.13. The minimum absolute atomic E-state index is 0.0329. The van der Waals surface area contributed by atoms with Crippen LogP contribution in [0.4, 0.5) is 0 Å². The summed E-state index contributed by atoms with van der Waals surface area (Å²) in [6, 6.07) is 12.1. The molecular weight excluding hydrogens is 416 g/mol. The predicted octanol–water partition coefficient (Wildman–Crippen LogP) is 1.59. The highest BCUT2D eigenvalue weighted by Crippen LogP contribution is 2.28. The Balaban J connectivity index is 1.76. The number of methoxy groups -OCH3 is 1. The van der Waals surface area contributed by atoms with E-state index in [4.69, 9.17) is 4.74 Å². The van der Waals surface area contributed by atoms with Crippen LogP contribution in [-0.4, -0.2) is 64.5 Å². The Morgan fingerprint density at radius 3 is 1.86 bits per heavy atom. The quantitative estimate of drug-likeness (QED) is 0.635. The standard InChI is InChI=1S/C19H22N2O6S2/c1-15(22)16-7-9-17(10-8-16)28(23,24)20-11-13-21(14-12-20)29(25,26)19-6-4-3-5-18(19)27-2/h3-10H,11-14H2,1-2H3. The first-order valence-corrected chi connectivity index (χ1v) is 11.8. The summed E-state index contributed by atoms with van der Waals surface area (Å²) in [7, 11) is -6.18. The van der Waals surface area contributed by atoms with E-state index < -0.39 is 20.0 Å². The molecule has 0 bridgehead atoms. The minimum atomic E-state index is -3.80. The number of carbonyl (C=O) groups excluding carboxylic acids is 1. The van der Waals surface area contributed by atoms with Crippen molar-refractivity contribution in [3.8, 4) is 5.75 Å². The van der Waals surface area contributed by atoms with Gasteiger partial charge in [0.1, 0.15) is 10.6 Å². The topological polar surface area (TPSA) is 101 Å². The molecule has 0 saturated carbocycles. The van der Waals surface area contributed by atoms with Crippen molar-refractivity contribution in [3.05, 3.63) is 54.1 Å². The van der Waals surface area contributed by atoms with E-state index in [1.165, 1.54) is 53.0 Å². The number of piperazine rings is 1. The highest BCUT2D eigenvalue weighted by molar-refractivity contribution is 7.89. The molecule has 0 atom stereocenters. The molecule has 1 heterocycles. The minimum Gasteiger partial charge on any atom is -0.495 e. The third kappa shape index (κ3) is 4.20. The maximum atomic E-state index is 12.9. The third-order valence-electron chi connectivity index (χ3n) is 4.78. The SMILES string of the molecule is COc1ccccc1S(=O)(=O)N1CCN(S(=O)(=O)c2ccc(C(C)=O)cc2)CC1. The predicted molar refractivity (Wildman–Crippen MR) is 107 cm³/mol. The molecule has 0 amide bonds. The van der Waals surface area contributed by atoms with Crippen LogP contribution in [0.3, 0.4) is 0 Å². The fourth-order valence-electron chi connectivity index (χ4n) is 3.13. The molecule has 0 aromatic heterocycles. The van der Waals surface area contributed by atoms with E-state index in [-0.39, 0.29) is 47.5 Å². The maximum absolute atomic E-state index is 12.9. The van der Waals surface area contributed by atoms with Crippen LogP contribution in [0.1, 0.15) is 17.3 Å². The largest absolute Gasteiger partial charge is 0.495 e. The van der Waals surface area contributed by atoms with Gasteiger partial charge in [0, 0.05) is 31.7 Å². The maximum Gasteiger partial charge on any atom is 0.246 e. The van der Waals surface area contributed by atoms with E-state index in [2.05, 4.69) is 0 Å². The van der Waals surface area contributed by atoms with Gasteiger partial charge in [-0.3, -0.25) is 4.79 Å². The number of nitrogens with zero attached hydrogens (tertiary/aromatic N) is 2. The normalized spacial score (nSPS) is 16.5. The molecule has 2 aromatic carbocycles. The summed E-state index contributed by atoms with van der Waals surface area (Å²) in [5.41, 5.74) is 0.427. The lowest BCUT2D eigenvalue weighted by atomic mass is 10.2. The van der Waals surface area contributed by atoms with Crippen molar-refractivity contribution in [2.24, 2.45) is 0 Å². The lowest BCUT2D eigenvalue weighted by Crippen LogP contribution is -2.50. The van der Waals surface area contributed by atoms with Crippen LogP contribution in [0.2, 0.25) is 0 Å². The summed E-state index contributed by atoms with van der Waals surface area (Å²) in [5.74, 6) is 0.0946. The summed E-state index contributed by atoms with van der Waals surface area (Å²) in [6.45, 7) is 1.54. The average Bonchev–Trinajstić information content (AvgIpc) is 2.73. The number of Topliss-reactive ketones (excluding diaryl/α,β-unsaturated/α-hetero) is 1. The third-order valence-corrected chi connectivity index (χ3v) is 8.63. The lowest BCUT2D eigenvalue weighted by molar-refractivity contribution is 0.101. The Morgan fingerprint density at radius 1 is 0.828 bits per heavy atom. The van der Waals surface area contributed by atoms with Crippen LogP contribution in [0, 0.1) is 0 Å². The molecule has 29 heavy (non-hydrogen) atoms. The summed E-state index contributed by atoms with van der Waals surface area (Å²) >= 11 is 0. The van der Waals surface area contributed by atoms with Gasteiger partial charge in [0.2, 0.25) is 20.0 Å². The van der Waals surface area contributed by atoms with Crippen LogP contribution in [0.5, 0.6) is 5.75 Å². The van der Waals surface area contributed by atoms with Crippen molar-refractivity contribution in [1.82, 2.24) is 8.61 Å². The summed E-state index contributed by atoms with van der Waals surface area (Å²) in [6.07, 6.45) is 0. The molecule has 3 rings (SSSR count). The second-order valence-corrected chi connectivity index (χ2v) is 10.4. The van der Waals surface area contributed by atoms with Crippen molar-refractivity contribution in [1.29, 1.82) is 0 Å². The van der Waals surface area contributed by atoms with Gasteiger partial charge in [-0.15, -0.1) is 0 Å². The molecule has 1 fully saturated rings. The first kappa shape index (κ1) is 21.4. The van der Waals surface area contributed by atoms with Gasteiger partial charge in [0.05, 0.1) is 12.0 Å². The summed E-state index contributed by atoms with van der Waals surface area (Å²) in [4.78, 5) is 11.5. The number of rotatable bonds is 6. The molecule has 0 spiro atoms. The Morgan fingerprint density at radius 2 is 1.34 bits per heavy atom. The van der Waals surface area contributed by atoms with Crippen molar-refractivity contribution < 1.29 is 26.4 Å². The van der Waals surface area contributed by atoms with Gasteiger partial charge < -0.3 is 4.74 Å². The van der Waals surface area contributed by atoms with Crippen LogP contribution in [0.25, 0.3) is 0 Å². The highest BCUT2D eigenvalue weighted by Gasteiger charge is 2.34. The zero-order chi connectivity index (χ0) is 21.2. The molecular formula is C19H22N2O6S2. The molecule has 0 N–H and O–H groups in total. The van der Waals surface area contributed by atoms with E-state index in [0.29, 0.717) is 5.56 Å². The number of benzene rings is 2. The molecule has 1 aliphatic rings. The zero-order valence-electron chi connectivity index (χ0n) is 16.1. The van der Waals surface area contributed by atoms with Gasteiger partial charge in [-0.05, 0) is 31.2 Å². The number of ether oxygens (including phenoxy) is 1. The zero-order valence-corrected chi connectivity index (χ0v) is 17.7. The van der Waals surface area contributed by atoms with E-state index in [1.54, 1.807) is 18.2 Å². The molecule has 156 valence electrons. The van der Waals surface area contributed by atoms with E-state index in [0.717, 1.165) is 0 Å². The monoisotopic (exact) mass is 438 g/mol. The number of ketones is 1. The molecule has 1 saturated heterocycles. The van der Waals surface area contributed by atoms with Gasteiger partial charge in [0.15, 0.2) is 5.78 Å². The van der Waals surface area contributed by atoms with Gasteiger partial charge >= 0.3 is 0 Å². The van der Waals surface area contributed by atoms with Crippen molar-refractivity contribution >= 4 is 25.8 Å². The van der Waals surface area contributed by atoms with Gasteiger partial charge in [-0.1, -0.05) is 24.3 Å². The molecule has 1 aliphatic heterocycles. The van der Waals surface area contributed by atoms with Gasteiger partial charge in [0.25, 0.3) is 0 Å². The lowest BCUT2D eigenvalue weighted by Gasteiger charge is -2.33. The second-order valence-electron chi connectivity index (χ2n) is 6.54. The summed E-state index contributed by atoms with van der Waals surface area (Å²) < 4.78 is 59.2. The first-order chi connectivity index (χ1) is 13.7. The number of carbonyl (C=O) groups is 1. The van der Waals surface area contributed by atoms with Crippen LogP contribution in [-0.2, 0) is 20.0 Å². The Hall–Kier alpha value is -2.27. The smallest absolute Gasteiger partial charge is 0.246 e. The molecule has 10 heteroatoms. The summed E-state index contributed by atoms with van der Waals surface area (Å²) in [5, 5.41) is 0.